The van der Waals surface area contributed by atoms with E-state index in [1.165, 1.54) is 12.4 Å². The quantitative estimate of drug-likeness (QED) is 0.746. The van der Waals surface area contributed by atoms with Crippen molar-refractivity contribution in [3.63, 3.8) is 0 Å². The van der Waals surface area contributed by atoms with Crippen molar-refractivity contribution in [3.05, 3.63) is 48.3 Å². The van der Waals surface area contributed by atoms with Gasteiger partial charge in [-0.1, -0.05) is 6.42 Å². The Morgan fingerprint density at radius 3 is 2.82 bits per heavy atom. The van der Waals surface area contributed by atoms with Crippen LogP contribution in [0.25, 0.3) is 11.4 Å². The molecule has 0 aliphatic carbocycles. The predicted octanol–water partition coefficient (Wildman–Crippen LogP) is 3.35. The van der Waals surface area contributed by atoms with Gasteiger partial charge in [0.15, 0.2) is 5.82 Å². The molecule has 1 aliphatic rings. The van der Waals surface area contributed by atoms with Crippen LogP contribution < -0.4 is 5.32 Å². The molecule has 0 saturated heterocycles. The van der Waals surface area contributed by atoms with Gasteiger partial charge >= 0.3 is 0 Å². The van der Waals surface area contributed by atoms with Gasteiger partial charge in [-0.2, -0.15) is 0 Å². The first-order chi connectivity index (χ1) is 13.5. The lowest BCUT2D eigenvalue weighted by atomic mass is 10.1. The summed E-state index contributed by atoms with van der Waals surface area (Å²) >= 11 is 0. The maximum Gasteiger partial charge on any atom is 0.247 e. The lowest BCUT2D eigenvalue weighted by Crippen LogP contribution is -2.23. The Kier molecular flexibility index (Phi) is 4.89. The average Bonchev–Trinajstić information content (AvgIpc) is 3.29. The topological polar surface area (TPSA) is 77.6 Å². The third-order valence-corrected chi connectivity index (χ3v) is 5.02. The lowest BCUT2D eigenvalue weighted by Gasteiger charge is -2.15. The van der Waals surface area contributed by atoms with Crippen LogP contribution in [0.4, 0.5) is 14.5 Å². The van der Waals surface area contributed by atoms with Gasteiger partial charge in [0, 0.05) is 31.4 Å². The Morgan fingerprint density at radius 2 is 2.04 bits per heavy atom. The third kappa shape index (κ3) is 3.39. The molecule has 1 amide bonds. The number of carbonyl (C=O) groups is 1. The summed E-state index contributed by atoms with van der Waals surface area (Å²) in [6.07, 6.45) is 8.51. The molecule has 28 heavy (non-hydrogen) atoms. The maximum absolute atomic E-state index is 14.5. The number of fused-ring (bicyclic) bond motifs is 1. The van der Waals surface area contributed by atoms with Gasteiger partial charge in [0.25, 0.3) is 0 Å². The van der Waals surface area contributed by atoms with Crippen LogP contribution in [-0.4, -0.2) is 30.2 Å². The summed E-state index contributed by atoms with van der Waals surface area (Å²) in [6, 6.07) is 1.45. The van der Waals surface area contributed by atoms with Crippen molar-refractivity contribution in [1.29, 1.82) is 0 Å². The molecule has 4 rings (SSSR count). The molecule has 1 aromatic carbocycles. The molecule has 0 radical (unpaired) electrons. The Morgan fingerprint density at radius 1 is 1.18 bits per heavy atom. The first-order valence-electron chi connectivity index (χ1n) is 9.24. The number of hydrogen-bond donors (Lipinski definition) is 1. The van der Waals surface area contributed by atoms with Crippen LogP contribution in [0.3, 0.4) is 0 Å². The number of aromatic nitrogens is 5. The average molecular weight is 386 g/mol. The molecule has 1 atom stereocenters. The number of aryl methyl sites for hydroxylation is 1. The van der Waals surface area contributed by atoms with Crippen molar-refractivity contribution < 1.29 is 13.6 Å². The Labute approximate surface area is 160 Å². The van der Waals surface area contributed by atoms with E-state index in [1.54, 1.807) is 23.9 Å². The highest BCUT2D eigenvalue weighted by molar-refractivity contribution is 5.94. The van der Waals surface area contributed by atoms with Crippen molar-refractivity contribution in [2.45, 2.75) is 45.2 Å². The van der Waals surface area contributed by atoms with Gasteiger partial charge in [-0.15, -0.1) is 10.2 Å². The number of benzene rings is 1. The van der Waals surface area contributed by atoms with E-state index in [0.29, 0.717) is 12.4 Å². The molecule has 9 heteroatoms. The van der Waals surface area contributed by atoms with E-state index >= 15 is 0 Å². The van der Waals surface area contributed by atoms with E-state index in [9.17, 15) is 13.6 Å². The highest BCUT2D eigenvalue weighted by Crippen LogP contribution is 2.29. The van der Waals surface area contributed by atoms with Crippen molar-refractivity contribution in [2.24, 2.45) is 0 Å². The molecule has 3 aromatic rings. The second kappa shape index (κ2) is 7.49. The van der Waals surface area contributed by atoms with E-state index < -0.39 is 23.6 Å². The van der Waals surface area contributed by atoms with Crippen molar-refractivity contribution >= 4 is 11.6 Å². The Bertz CT molecular complexity index is 998. The highest BCUT2D eigenvalue weighted by Gasteiger charge is 2.22. The minimum Gasteiger partial charge on any atom is -0.325 e. The van der Waals surface area contributed by atoms with Crippen molar-refractivity contribution in [2.75, 3.05) is 5.32 Å². The summed E-state index contributed by atoms with van der Waals surface area (Å²) in [4.78, 5) is 16.4. The molecule has 7 nitrogen and oxygen atoms in total. The number of nitrogens with zero attached hydrogens (tertiary/aromatic N) is 5. The van der Waals surface area contributed by atoms with Crippen LogP contribution in [0, 0.1) is 11.6 Å². The zero-order valence-electron chi connectivity index (χ0n) is 15.4. The molecule has 0 saturated carbocycles. The monoisotopic (exact) mass is 386 g/mol. The number of amides is 1. The molecular formula is C19H20F2N6O. The van der Waals surface area contributed by atoms with E-state index in [0.717, 1.165) is 37.6 Å². The number of nitrogens with one attached hydrogen (secondary N) is 1. The van der Waals surface area contributed by atoms with Crippen LogP contribution in [0.1, 0.15) is 38.1 Å². The lowest BCUT2D eigenvalue weighted by molar-refractivity contribution is -0.118. The fourth-order valence-electron chi connectivity index (χ4n) is 3.37. The minimum atomic E-state index is -0.844. The van der Waals surface area contributed by atoms with Gasteiger partial charge in [0.05, 0.1) is 17.6 Å². The number of halogens is 2. The molecule has 3 heterocycles. The molecular weight excluding hydrogens is 366 g/mol. The fourth-order valence-corrected chi connectivity index (χ4v) is 3.37. The number of imidazole rings is 1. The highest BCUT2D eigenvalue weighted by atomic mass is 19.1. The third-order valence-electron chi connectivity index (χ3n) is 5.02. The molecule has 1 N–H and O–H groups in total. The second-order valence-corrected chi connectivity index (χ2v) is 6.89. The van der Waals surface area contributed by atoms with E-state index in [2.05, 4.69) is 20.5 Å². The fraction of sp³-hybridized carbons (Fsp3) is 0.368. The molecule has 0 bridgehead atoms. The summed E-state index contributed by atoms with van der Waals surface area (Å²) in [5.41, 5.74) is 0.0203. The van der Waals surface area contributed by atoms with Crippen molar-refractivity contribution in [3.8, 4) is 11.4 Å². The summed E-state index contributed by atoms with van der Waals surface area (Å²) in [7, 11) is 0. The molecule has 2 aromatic heterocycles. The van der Waals surface area contributed by atoms with Gasteiger partial charge < -0.3 is 14.5 Å². The summed E-state index contributed by atoms with van der Waals surface area (Å²) in [5, 5.41) is 10.8. The SMILES string of the molecule is C[C@H](C(=O)Nc1cc(-c2nnc3n2CCCCC3)c(F)cc1F)n1ccnc1. The normalized spacial score (nSPS) is 15.0. The zero-order valence-corrected chi connectivity index (χ0v) is 15.4. The maximum atomic E-state index is 14.5. The van der Waals surface area contributed by atoms with Gasteiger partial charge in [0.1, 0.15) is 23.5 Å². The first kappa shape index (κ1) is 18.3. The van der Waals surface area contributed by atoms with E-state index in [-0.39, 0.29) is 11.3 Å². The van der Waals surface area contributed by atoms with Crippen LogP contribution in [0.5, 0.6) is 0 Å². The number of hydrogen-bond acceptors (Lipinski definition) is 4. The van der Waals surface area contributed by atoms with Crippen LogP contribution in [0.2, 0.25) is 0 Å². The molecule has 146 valence electrons. The van der Waals surface area contributed by atoms with Crippen LogP contribution in [-0.2, 0) is 17.8 Å². The van der Waals surface area contributed by atoms with E-state index in [4.69, 9.17) is 0 Å². The standard InChI is InChI=1S/C19H20F2N6O/c1-12(26-8-6-22-11-26)19(28)23-16-9-13(14(20)10-15(16)21)18-25-24-17-5-3-2-4-7-27(17)18/h6,8-12H,2-5,7H2,1H3,(H,23,28)/t12-/m1/s1. The molecule has 0 fully saturated rings. The number of anilines is 1. The van der Waals surface area contributed by atoms with E-state index in [1.807, 2.05) is 4.57 Å². The first-order valence-corrected chi connectivity index (χ1v) is 9.24. The number of rotatable bonds is 4. The largest absolute Gasteiger partial charge is 0.325 e. The van der Waals surface area contributed by atoms with Crippen LogP contribution >= 0.6 is 0 Å². The zero-order chi connectivity index (χ0) is 19.7. The van der Waals surface area contributed by atoms with Gasteiger partial charge in [-0.05, 0) is 25.8 Å². The minimum absolute atomic E-state index is 0.0978. The van der Waals surface area contributed by atoms with Gasteiger partial charge in [-0.25, -0.2) is 13.8 Å². The molecule has 1 aliphatic heterocycles. The second-order valence-electron chi connectivity index (χ2n) is 6.89. The Hall–Kier alpha value is -3.10. The van der Waals surface area contributed by atoms with Gasteiger partial charge in [-0.3, -0.25) is 4.79 Å². The Balaban J connectivity index is 1.66. The van der Waals surface area contributed by atoms with Gasteiger partial charge in [0.2, 0.25) is 5.91 Å². The van der Waals surface area contributed by atoms with Crippen molar-refractivity contribution in [1.82, 2.24) is 24.3 Å². The summed E-state index contributed by atoms with van der Waals surface area (Å²) in [5.74, 6) is -0.863. The predicted molar refractivity (Wildman–Crippen MR) is 98.5 cm³/mol. The molecule has 0 unspecified atom stereocenters. The smallest absolute Gasteiger partial charge is 0.247 e. The summed E-state index contributed by atoms with van der Waals surface area (Å²) < 4.78 is 32.3. The number of carbonyl (C=O) groups excluding carboxylic acids is 1. The molecule has 0 spiro atoms. The summed E-state index contributed by atoms with van der Waals surface area (Å²) in [6.45, 7) is 2.35. The van der Waals surface area contributed by atoms with Crippen LogP contribution in [0.15, 0.2) is 30.9 Å².